The van der Waals surface area contributed by atoms with E-state index in [0.717, 1.165) is 0 Å². The summed E-state index contributed by atoms with van der Waals surface area (Å²) in [7, 11) is 0. The van der Waals surface area contributed by atoms with Gasteiger partial charge in [-0.2, -0.15) is 0 Å². The third-order valence-electron chi connectivity index (χ3n) is 1.93. The molecule has 0 amide bonds. The van der Waals surface area contributed by atoms with Gasteiger partial charge in [-0.3, -0.25) is 0 Å². The molecule has 0 atom stereocenters. The normalized spacial score (nSPS) is 11.4. The summed E-state index contributed by atoms with van der Waals surface area (Å²) in [4.78, 5) is 0. The summed E-state index contributed by atoms with van der Waals surface area (Å²) in [5, 5.41) is 0. The van der Waals surface area contributed by atoms with Gasteiger partial charge in [-0.1, -0.05) is 0 Å². The maximum atomic E-state index is 3.49. The van der Waals surface area contributed by atoms with E-state index in [1.165, 1.54) is 8.92 Å². The second-order valence-electron chi connectivity index (χ2n) is 3.28. The van der Waals surface area contributed by atoms with Crippen molar-refractivity contribution in [3.05, 3.63) is 60.7 Å². The summed E-state index contributed by atoms with van der Waals surface area (Å²) in [5.74, 6) is 0. The number of hydrogen-bond acceptors (Lipinski definition) is 0. The summed E-state index contributed by atoms with van der Waals surface area (Å²) in [6.07, 6.45) is 0. The Hall–Kier alpha value is 0.948. The SMILES string of the molecule is [Se]=P([SeH])([Se]c1ccccc1)[Se]c1ccccc1. The summed E-state index contributed by atoms with van der Waals surface area (Å²) in [6.45, 7) is 0. The fourth-order valence-electron chi connectivity index (χ4n) is 1.25. The Bertz CT molecular complexity index is 467. The first-order chi connectivity index (χ1) is 8.16. The number of benzene rings is 2. The number of rotatable bonds is 4. The van der Waals surface area contributed by atoms with Crippen LogP contribution in [0.25, 0.3) is 0 Å². The third-order valence-corrected chi connectivity index (χ3v) is 24.6. The first kappa shape index (κ1) is 14.4. The van der Waals surface area contributed by atoms with E-state index in [-0.39, 0.29) is 0 Å². The summed E-state index contributed by atoms with van der Waals surface area (Å²) >= 11 is 7.59. The zero-order valence-electron chi connectivity index (χ0n) is 8.89. The summed E-state index contributed by atoms with van der Waals surface area (Å²) in [5.41, 5.74) is 0. The maximum absolute atomic E-state index is 3.49. The van der Waals surface area contributed by atoms with Crippen LogP contribution in [0.5, 0.6) is 0 Å². The average molecular weight is 502 g/mol. The van der Waals surface area contributed by atoms with Gasteiger partial charge in [-0.15, -0.1) is 0 Å². The Labute approximate surface area is 130 Å². The summed E-state index contributed by atoms with van der Waals surface area (Å²) in [6, 6.07) is 21.7. The van der Waals surface area contributed by atoms with E-state index >= 15 is 0 Å². The predicted molar refractivity (Wildman–Crippen MR) is 83.5 cm³/mol. The van der Waals surface area contributed by atoms with Gasteiger partial charge in [0.15, 0.2) is 0 Å². The van der Waals surface area contributed by atoms with Gasteiger partial charge in [0.2, 0.25) is 0 Å². The first-order valence-corrected chi connectivity index (χ1v) is 17.6. The van der Waals surface area contributed by atoms with Crippen LogP contribution in [-0.4, -0.2) is 59.7 Å². The van der Waals surface area contributed by atoms with Gasteiger partial charge < -0.3 is 0 Å². The van der Waals surface area contributed by atoms with E-state index in [1.54, 1.807) is 0 Å². The first-order valence-electron chi connectivity index (χ1n) is 4.98. The monoisotopic (exact) mass is 506 g/mol. The molecule has 0 heterocycles. The Morgan fingerprint density at radius 2 is 1.12 bits per heavy atom. The molecule has 0 saturated heterocycles. The van der Waals surface area contributed by atoms with Crippen LogP contribution in [-0.2, 0) is 0 Å². The van der Waals surface area contributed by atoms with Gasteiger partial charge in [0, 0.05) is 0 Å². The Kier molecular flexibility index (Phi) is 5.85. The van der Waals surface area contributed by atoms with Crippen LogP contribution in [0.3, 0.4) is 0 Å². The van der Waals surface area contributed by atoms with Crippen molar-refractivity contribution >= 4 is 70.2 Å². The van der Waals surface area contributed by atoms with Crippen LogP contribution in [0, 0.1) is 0 Å². The van der Waals surface area contributed by atoms with Gasteiger partial charge in [0.25, 0.3) is 0 Å². The van der Waals surface area contributed by atoms with Crippen molar-refractivity contribution in [3.8, 4) is 0 Å². The van der Waals surface area contributed by atoms with Gasteiger partial charge >= 0.3 is 131 Å². The van der Waals surface area contributed by atoms with E-state index in [4.69, 9.17) is 0 Å². The van der Waals surface area contributed by atoms with Crippen LogP contribution in [0.1, 0.15) is 0 Å². The Morgan fingerprint density at radius 3 is 1.47 bits per heavy atom. The van der Waals surface area contributed by atoms with E-state index in [9.17, 15) is 0 Å². The van der Waals surface area contributed by atoms with Crippen molar-refractivity contribution in [2.45, 2.75) is 0 Å². The fourth-order valence-corrected chi connectivity index (χ4v) is 26.5. The van der Waals surface area contributed by atoms with Gasteiger partial charge in [0.05, 0.1) is 0 Å². The zero-order chi connectivity index (χ0) is 12.1. The molecule has 0 aromatic heterocycles. The standard InChI is InChI=1S/C12H11PSe4/c14-13(15,16-11-7-3-1-4-8-11)17-12-9-5-2-6-10-12/h1-10H,(H,14,15). The molecule has 2 rings (SSSR count). The van der Waals surface area contributed by atoms with Crippen molar-refractivity contribution < 1.29 is 0 Å². The molecule has 0 N–H and O–H groups in total. The molecule has 0 spiro atoms. The third kappa shape index (κ3) is 5.21. The molecule has 2 aromatic carbocycles. The Morgan fingerprint density at radius 1 is 0.765 bits per heavy atom. The van der Waals surface area contributed by atoms with Crippen LogP contribution in [0.15, 0.2) is 60.7 Å². The van der Waals surface area contributed by atoms with Crippen molar-refractivity contribution in [1.82, 2.24) is 0 Å². The molecule has 0 bridgehead atoms. The number of hydrogen-bond donors (Lipinski definition) is 0. The molecule has 0 aliphatic heterocycles. The molecule has 0 radical (unpaired) electrons. The molecule has 88 valence electrons. The molecule has 0 aliphatic rings. The van der Waals surface area contributed by atoms with E-state index < -0.39 is 1.58 Å². The van der Waals surface area contributed by atoms with Crippen molar-refractivity contribution in [1.29, 1.82) is 0 Å². The Balaban J connectivity index is 2.07. The van der Waals surface area contributed by atoms with Crippen LogP contribution in [0.2, 0.25) is 0 Å². The molecule has 0 aliphatic carbocycles. The van der Waals surface area contributed by atoms with Gasteiger partial charge in [-0.25, -0.2) is 0 Å². The second kappa shape index (κ2) is 6.93. The molecule has 0 saturated carbocycles. The van der Waals surface area contributed by atoms with Crippen molar-refractivity contribution in [2.75, 3.05) is 0 Å². The molecule has 17 heavy (non-hydrogen) atoms. The molecular formula is C12H11PSe4. The van der Waals surface area contributed by atoms with E-state index in [2.05, 4.69) is 91.3 Å². The molecule has 0 nitrogen and oxygen atoms in total. The minimum atomic E-state index is -0.949. The second-order valence-corrected chi connectivity index (χ2v) is 45.4. The predicted octanol–water partition coefficient (Wildman–Crippen LogP) is 0.793. The molecule has 0 fully saturated rings. The van der Waals surface area contributed by atoms with Crippen molar-refractivity contribution in [3.63, 3.8) is 0 Å². The van der Waals surface area contributed by atoms with Crippen LogP contribution < -0.4 is 8.92 Å². The van der Waals surface area contributed by atoms with E-state index in [1.807, 2.05) is 0 Å². The van der Waals surface area contributed by atoms with Crippen molar-refractivity contribution in [2.24, 2.45) is 0 Å². The fraction of sp³-hybridized carbons (Fsp3) is 0. The minimum absolute atomic E-state index is 0.574. The molecule has 0 unspecified atom stereocenters. The van der Waals surface area contributed by atoms with E-state index in [0.29, 0.717) is 29.0 Å². The van der Waals surface area contributed by atoms with Gasteiger partial charge in [0.1, 0.15) is 0 Å². The summed E-state index contributed by atoms with van der Waals surface area (Å²) < 4.78 is 2.06. The quantitative estimate of drug-likeness (QED) is 0.429. The average Bonchev–Trinajstić information content (AvgIpc) is 2.30. The molecular weight excluding hydrogens is 491 g/mol. The topological polar surface area (TPSA) is 0 Å². The zero-order valence-corrected chi connectivity index (χ0v) is 16.8. The van der Waals surface area contributed by atoms with Crippen LogP contribution >= 0.6 is 1.58 Å². The molecule has 5 heteroatoms. The van der Waals surface area contributed by atoms with Gasteiger partial charge in [-0.05, 0) is 0 Å². The molecule has 2 aromatic rings. The van der Waals surface area contributed by atoms with Crippen LogP contribution in [0.4, 0.5) is 0 Å².